The van der Waals surface area contributed by atoms with Crippen LogP contribution in [0, 0.1) is 13.8 Å². The van der Waals surface area contributed by atoms with Crippen molar-refractivity contribution >= 4 is 60.8 Å². The molecule has 10 aromatic rings. The van der Waals surface area contributed by atoms with Crippen LogP contribution in [0.1, 0.15) is 11.1 Å². The van der Waals surface area contributed by atoms with Gasteiger partial charge in [-0.25, -0.2) is 0 Å². The molecule has 0 N–H and O–H groups in total. The first-order valence-corrected chi connectivity index (χ1v) is 18.2. The summed E-state index contributed by atoms with van der Waals surface area (Å²) in [5.74, 6) is 0. The molecule has 0 aliphatic carbocycles. The molecule has 0 radical (unpaired) electrons. The Hall–Kier alpha value is -6.84. The van der Waals surface area contributed by atoms with Crippen LogP contribution in [0.3, 0.4) is 0 Å². The van der Waals surface area contributed by atoms with E-state index in [4.69, 9.17) is 4.42 Å². The second-order valence-corrected chi connectivity index (χ2v) is 13.8. The van der Waals surface area contributed by atoms with Crippen LogP contribution < -0.4 is 4.90 Å². The molecule has 0 saturated heterocycles. The molecular formula is C50H36N2O. The zero-order valence-corrected chi connectivity index (χ0v) is 29.6. The van der Waals surface area contributed by atoms with Gasteiger partial charge in [0, 0.05) is 38.8 Å². The van der Waals surface area contributed by atoms with Crippen LogP contribution in [0.5, 0.6) is 0 Å². The largest absolute Gasteiger partial charge is 0.455 e. The Labute approximate surface area is 308 Å². The van der Waals surface area contributed by atoms with Crippen molar-refractivity contribution in [1.82, 2.24) is 4.57 Å². The third-order valence-corrected chi connectivity index (χ3v) is 10.6. The fraction of sp³-hybridized carbons (Fsp3) is 0.0400. The molecule has 0 spiro atoms. The highest BCUT2D eigenvalue weighted by molar-refractivity contribution is 6.17. The van der Waals surface area contributed by atoms with Gasteiger partial charge in [0.1, 0.15) is 11.2 Å². The number of aryl methyl sites for hydroxylation is 2. The van der Waals surface area contributed by atoms with E-state index in [9.17, 15) is 0 Å². The molecule has 0 saturated carbocycles. The summed E-state index contributed by atoms with van der Waals surface area (Å²) < 4.78 is 9.24. The normalized spacial score (nSPS) is 11.6. The summed E-state index contributed by atoms with van der Waals surface area (Å²) in [7, 11) is 0. The van der Waals surface area contributed by atoms with Gasteiger partial charge in [0.05, 0.1) is 22.1 Å². The lowest BCUT2D eigenvalue weighted by atomic mass is 9.97. The third-order valence-electron chi connectivity index (χ3n) is 10.6. The van der Waals surface area contributed by atoms with Crippen molar-refractivity contribution in [3.8, 4) is 27.9 Å². The quantitative estimate of drug-likeness (QED) is 0.174. The van der Waals surface area contributed by atoms with Crippen LogP contribution in [0.25, 0.3) is 71.7 Å². The van der Waals surface area contributed by atoms with Crippen LogP contribution >= 0.6 is 0 Å². The van der Waals surface area contributed by atoms with Gasteiger partial charge in [-0.2, -0.15) is 0 Å². The predicted octanol–water partition coefficient (Wildman–Crippen LogP) is 14.1. The summed E-state index contributed by atoms with van der Waals surface area (Å²) in [5, 5.41) is 4.68. The van der Waals surface area contributed by atoms with Gasteiger partial charge in [-0.15, -0.1) is 0 Å². The van der Waals surface area contributed by atoms with E-state index in [2.05, 4.69) is 205 Å². The molecule has 0 atom stereocenters. The monoisotopic (exact) mass is 680 g/mol. The predicted molar refractivity (Wildman–Crippen MR) is 223 cm³/mol. The van der Waals surface area contributed by atoms with E-state index in [1.165, 1.54) is 44.1 Å². The van der Waals surface area contributed by atoms with Crippen molar-refractivity contribution in [2.45, 2.75) is 13.8 Å². The van der Waals surface area contributed by atoms with E-state index in [1.807, 2.05) is 0 Å². The van der Waals surface area contributed by atoms with Crippen LogP contribution in [0.15, 0.2) is 186 Å². The topological polar surface area (TPSA) is 21.3 Å². The first-order chi connectivity index (χ1) is 26.1. The van der Waals surface area contributed by atoms with E-state index >= 15 is 0 Å². The Kier molecular flexibility index (Phi) is 7.26. The minimum absolute atomic E-state index is 0.870. The molecule has 0 unspecified atom stereocenters. The summed E-state index contributed by atoms with van der Waals surface area (Å²) in [6.07, 6.45) is 0. The van der Waals surface area contributed by atoms with E-state index in [1.54, 1.807) is 0 Å². The lowest BCUT2D eigenvalue weighted by molar-refractivity contribution is 0.670. The summed E-state index contributed by atoms with van der Waals surface area (Å²) in [6, 6.07) is 65.2. The summed E-state index contributed by atoms with van der Waals surface area (Å²) >= 11 is 0. The summed E-state index contributed by atoms with van der Waals surface area (Å²) in [6.45, 7) is 4.39. The first kappa shape index (κ1) is 30.9. The van der Waals surface area contributed by atoms with Gasteiger partial charge in [-0.1, -0.05) is 121 Å². The molecule has 3 heteroatoms. The highest BCUT2D eigenvalue weighted by Crippen LogP contribution is 2.47. The number of benzene rings is 8. The van der Waals surface area contributed by atoms with Crippen molar-refractivity contribution in [2.24, 2.45) is 0 Å². The smallest absolute Gasteiger partial charge is 0.145 e. The lowest BCUT2D eigenvalue weighted by Gasteiger charge is -2.28. The number of anilines is 3. The van der Waals surface area contributed by atoms with Crippen LogP contribution in [-0.2, 0) is 0 Å². The third kappa shape index (κ3) is 5.04. The number of aromatic nitrogens is 1. The standard InChI is InChI=1S/C50H36N2O/c1-33-15-6-10-23-44(33)51(38-27-28-39(34(2)31-38)35-16-4-3-5-17-35)47-30-29-40(50-49(47)43-22-9-13-26-48(43)53-50)36-18-14-19-37(32-36)52-45-24-11-7-20-41(45)42-21-8-12-25-46(42)52/h3-32H,1-2H3. The van der Waals surface area contributed by atoms with E-state index < -0.39 is 0 Å². The zero-order valence-electron chi connectivity index (χ0n) is 29.6. The number of para-hydroxylation sites is 4. The number of rotatable bonds is 6. The molecule has 0 aliphatic rings. The number of furan rings is 1. The van der Waals surface area contributed by atoms with Gasteiger partial charge in [0.25, 0.3) is 0 Å². The van der Waals surface area contributed by atoms with Crippen LogP contribution in [-0.4, -0.2) is 4.57 Å². The van der Waals surface area contributed by atoms with Crippen molar-refractivity contribution in [2.75, 3.05) is 4.90 Å². The Bertz CT molecular complexity index is 2930. The second kappa shape index (κ2) is 12.4. The zero-order chi connectivity index (χ0) is 35.5. The van der Waals surface area contributed by atoms with Crippen LogP contribution in [0.4, 0.5) is 17.1 Å². The summed E-state index contributed by atoms with van der Waals surface area (Å²) in [4.78, 5) is 2.40. The van der Waals surface area contributed by atoms with Gasteiger partial charge >= 0.3 is 0 Å². The maximum Gasteiger partial charge on any atom is 0.145 e. The number of hydrogen-bond donors (Lipinski definition) is 0. The van der Waals surface area contributed by atoms with Gasteiger partial charge in [-0.05, 0) is 102 Å². The molecule has 0 amide bonds. The van der Waals surface area contributed by atoms with Crippen molar-refractivity contribution in [3.63, 3.8) is 0 Å². The number of hydrogen-bond acceptors (Lipinski definition) is 2. The van der Waals surface area contributed by atoms with E-state index in [0.717, 1.165) is 55.8 Å². The maximum atomic E-state index is 6.87. The van der Waals surface area contributed by atoms with E-state index in [-0.39, 0.29) is 0 Å². The van der Waals surface area contributed by atoms with Gasteiger partial charge < -0.3 is 13.9 Å². The molecule has 53 heavy (non-hydrogen) atoms. The first-order valence-electron chi connectivity index (χ1n) is 18.2. The number of fused-ring (bicyclic) bond motifs is 6. The average Bonchev–Trinajstić information content (AvgIpc) is 3.76. The van der Waals surface area contributed by atoms with Crippen LogP contribution in [0.2, 0.25) is 0 Å². The minimum Gasteiger partial charge on any atom is -0.455 e. The highest BCUT2D eigenvalue weighted by Gasteiger charge is 2.24. The van der Waals surface area contributed by atoms with Gasteiger partial charge in [-0.3, -0.25) is 0 Å². The Morgan fingerprint density at radius 3 is 1.85 bits per heavy atom. The molecule has 2 heterocycles. The Morgan fingerprint density at radius 1 is 0.453 bits per heavy atom. The fourth-order valence-corrected chi connectivity index (χ4v) is 8.19. The molecule has 0 fully saturated rings. The molecule has 0 aliphatic heterocycles. The minimum atomic E-state index is 0.870. The average molecular weight is 681 g/mol. The van der Waals surface area contributed by atoms with Gasteiger partial charge in [0.15, 0.2) is 0 Å². The molecule has 252 valence electrons. The molecule has 8 aromatic carbocycles. The Balaban J connectivity index is 1.20. The molecule has 10 rings (SSSR count). The van der Waals surface area contributed by atoms with Crippen molar-refractivity contribution < 1.29 is 4.42 Å². The molecule has 2 aromatic heterocycles. The number of nitrogens with zero attached hydrogens (tertiary/aromatic N) is 2. The Morgan fingerprint density at radius 2 is 1.09 bits per heavy atom. The van der Waals surface area contributed by atoms with Gasteiger partial charge in [0.2, 0.25) is 0 Å². The maximum absolute atomic E-state index is 6.87. The van der Waals surface area contributed by atoms with Crippen molar-refractivity contribution in [3.05, 3.63) is 193 Å². The molecular weight excluding hydrogens is 645 g/mol. The molecule has 0 bridgehead atoms. The van der Waals surface area contributed by atoms with E-state index in [0.29, 0.717) is 0 Å². The molecule has 3 nitrogen and oxygen atoms in total. The van der Waals surface area contributed by atoms with Crippen molar-refractivity contribution in [1.29, 1.82) is 0 Å². The highest BCUT2D eigenvalue weighted by atomic mass is 16.3. The second-order valence-electron chi connectivity index (χ2n) is 13.8. The lowest BCUT2D eigenvalue weighted by Crippen LogP contribution is -2.12. The fourth-order valence-electron chi connectivity index (χ4n) is 8.19. The SMILES string of the molecule is Cc1cc(N(c2ccccc2C)c2ccc(-c3cccc(-n4c5ccccc5c5ccccc54)c3)c3oc4ccccc4c23)ccc1-c1ccccc1. The summed E-state index contributed by atoms with van der Waals surface area (Å²) in [5.41, 5.74) is 15.6.